The molecule has 1 aromatic rings. The summed E-state index contributed by atoms with van der Waals surface area (Å²) >= 11 is 5.86. The zero-order valence-corrected chi connectivity index (χ0v) is 14.1. The number of esters is 1. The molecule has 124 valence electrons. The molecular weight excluding hydrogens is 344 g/mol. The minimum absolute atomic E-state index is 0.0401. The minimum atomic E-state index is -4.01. The summed E-state index contributed by atoms with van der Waals surface area (Å²) in [6, 6.07) is 5.09. The lowest BCUT2D eigenvalue weighted by molar-refractivity contribution is -0.149. The highest BCUT2D eigenvalue weighted by Gasteiger charge is 2.53. The predicted molar refractivity (Wildman–Crippen MR) is 83.3 cm³/mol. The first-order valence-electron chi connectivity index (χ1n) is 6.66. The number of halogens is 1. The van der Waals surface area contributed by atoms with Gasteiger partial charge in [-0.3, -0.25) is 4.79 Å². The van der Waals surface area contributed by atoms with Crippen LogP contribution in [0.2, 0.25) is 5.02 Å². The van der Waals surface area contributed by atoms with Gasteiger partial charge in [0.2, 0.25) is 10.0 Å². The van der Waals surface area contributed by atoms with Crippen molar-refractivity contribution < 1.29 is 17.9 Å². The molecule has 0 unspecified atom stereocenters. The van der Waals surface area contributed by atoms with Crippen molar-refractivity contribution in [3.63, 3.8) is 0 Å². The molecule has 0 bridgehead atoms. The molecule has 8 nitrogen and oxygen atoms in total. The van der Waals surface area contributed by atoms with Crippen molar-refractivity contribution in [2.24, 2.45) is 5.11 Å². The van der Waals surface area contributed by atoms with E-state index in [0.29, 0.717) is 0 Å². The average Bonchev–Trinajstić information content (AvgIpc) is 2.85. The minimum Gasteiger partial charge on any atom is -0.468 e. The smallest absolute Gasteiger partial charge is 0.327 e. The van der Waals surface area contributed by atoms with E-state index in [1.165, 1.54) is 32.2 Å². The Morgan fingerprint density at radius 1 is 1.57 bits per heavy atom. The van der Waals surface area contributed by atoms with Gasteiger partial charge in [0.1, 0.15) is 5.54 Å². The lowest BCUT2D eigenvalue weighted by atomic mass is 9.99. The molecule has 0 N–H and O–H groups in total. The molecule has 1 aromatic carbocycles. The van der Waals surface area contributed by atoms with Gasteiger partial charge in [-0.15, -0.1) is 0 Å². The highest BCUT2D eigenvalue weighted by atomic mass is 35.5. The largest absolute Gasteiger partial charge is 0.468 e. The molecule has 0 amide bonds. The van der Waals surface area contributed by atoms with Crippen LogP contribution < -0.4 is 0 Å². The van der Waals surface area contributed by atoms with Crippen LogP contribution in [0.4, 0.5) is 0 Å². The van der Waals surface area contributed by atoms with E-state index in [4.69, 9.17) is 21.9 Å². The zero-order valence-electron chi connectivity index (χ0n) is 12.5. The first-order chi connectivity index (χ1) is 10.8. The number of rotatable bonds is 4. The summed E-state index contributed by atoms with van der Waals surface area (Å²) in [7, 11) is -2.83. The Kier molecular flexibility index (Phi) is 4.86. The van der Waals surface area contributed by atoms with Crippen molar-refractivity contribution in [1.82, 2.24) is 4.31 Å². The van der Waals surface area contributed by atoms with Crippen LogP contribution in [0.1, 0.15) is 13.3 Å². The van der Waals surface area contributed by atoms with E-state index < -0.39 is 27.6 Å². The van der Waals surface area contributed by atoms with E-state index in [-0.39, 0.29) is 22.9 Å². The second kappa shape index (κ2) is 6.37. The molecule has 1 saturated heterocycles. The number of hydrogen-bond donors (Lipinski definition) is 0. The summed E-state index contributed by atoms with van der Waals surface area (Å²) in [4.78, 5) is 14.8. The number of benzene rings is 1. The van der Waals surface area contributed by atoms with Gasteiger partial charge in [0, 0.05) is 16.5 Å². The Labute approximate surface area is 138 Å². The third-order valence-electron chi connectivity index (χ3n) is 3.78. The Morgan fingerprint density at radius 2 is 2.26 bits per heavy atom. The molecule has 1 fully saturated rings. The van der Waals surface area contributed by atoms with E-state index in [9.17, 15) is 13.2 Å². The Bertz CT molecular complexity index is 778. The quantitative estimate of drug-likeness (QED) is 0.355. The van der Waals surface area contributed by atoms with Crippen LogP contribution >= 0.6 is 11.6 Å². The second-order valence-electron chi connectivity index (χ2n) is 5.32. The monoisotopic (exact) mass is 358 g/mol. The molecule has 2 rings (SSSR count). The van der Waals surface area contributed by atoms with Gasteiger partial charge >= 0.3 is 5.97 Å². The maximum absolute atomic E-state index is 12.9. The lowest BCUT2D eigenvalue weighted by Gasteiger charge is -2.31. The molecule has 0 spiro atoms. The van der Waals surface area contributed by atoms with Crippen LogP contribution in [0.25, 0.3) is 10.4 Å². The van der Waals surface area contributed by atoms with Gasteiger partial charge < -0.3 is 4.74 Å². The number of ether oxygens (including phenoxy) is 1. The van der Waals surface area contributed by atoms with Crippen LogP contribution in [0.15, 0.2) is 34.3 Å². The number of carbonyl (C=O) groups excluding carboxylic acids is 1. The number of hydrogen-bond acceptors (Lipinski definition) is 5. The molecule has 2 atom stereocenters. The van der Waals surface area contributed by atoms with Crippen molar-refractivity contribution >= 4 is 27.6 Å². The average molecular weight is 359 g/mol. The van der Waals surface area contributed by atoms with Crippen molar-refractivity contribution in [3.05, 3.63) is 39.7 Å². The first-order valence-corrected chi connectivity index (χ1v) is 8.48. The number of carbonyl (C=O) groups is 1. The van der Waals surface area contributed by atoms with Gasteiger partial charge in [0.05, 0.1) is 18.0 Å². The molecule has 23 heavy (non-hydrogen) atoms. The van der Waals surface area contributed by atoms with Crippen molar-refractivity contribution in [1.29, 1.82) is 0 Å². The van der Waals surface area contributed by atoms with Gasteiger partial charge in [-0.25, -0.2) is 8.42 Å². The highest BCUT2D eigenvalue weighted by Crippen LogP contribution is 2.37. The third-order valence-corrected chi connectivity index (χ3v) is 6.00. The van der Waals surface area contributed by atoms with Crippen LogP contribution in [-0.2, 0) is 19.6 Å². The normalized spacial score (nSPS) is 24.9. The number of nitrogens with zero attached hydrogens (tertiary/aromatic N) is 4. The van der Waals surface area contributed by atoms with E-state index in [1.807, 2.05) is 0 Å². The van der Waals surface area contributed by atoms with Crippen LogP contribution in [0.3, 0.4) is 0 Å². The van der Waals surface area contributed by atoms with Crippen LogP contribution in [0, 0.1) is 0 Å². The van der Waals surface area contributed by atoms with Crippen molar-refractivity contribution in [3.8, 4) is 0 Å². The summed E-state index contributed by atoms with van der Waals surface area (Å²) < 4.78 is 31.5. The lowest BCUT2D eigenvalue weighted by Crippen LogP contribution is -2.51. The first kappa shape index (κ1) is 17.6. The highest BCUT2D eigenvalue weighted by molar-refractivity contribution is 7.89. The predicted octanol–water partition coefficient (Wildman–Crippen LogP) is 2.34. The van der Waals surface area contributed by atoms with Crippen LogP contribution in [0.5, 0.6) is 0 Å². The number of azide groups is 1. The van der Waals surface area contributed by atoms with E-state index >= 15 is 0 Å². The maximum Gasteiger partial charge on any atom is 0.327 e. The molecule has 1 aliphatic rings. The molecule has 1 aliphatic heterocycles. The Hall–Kier alpha value is -1.80. The number of methoxy groups -OCH3 is 1. The molecule has 0 aromatic heterocycles. The fraction of sp³-hybridized carbons (Fsp3) is 0.462. The van der Waals surface area contributed by atoms with Crippen LogP contribution in [-0.4, -0.2) is 43.9 Å². The van der Waals surface area contributed by atoms with Gasteiger partial charge in [-0.2, -0.15) is 4.31 Å². The van der Waals surface area contributed by atoms with Crippen molar-refractivity contribution in [2.45, 2.75) is 29.8 Å². The molecule has 0 saturated carbocycles. The van der Waals surface area contributed by atoms with Gasteiger partial charge in [-0.05, 0) is 37.1 Å². The fourth-order valence-corrected chi connectivity index (χ4v) is 4.78. The van der Waals surface area contributed by atoms with Gasteiger partial charge in [0.25, 0.3) is 0 Å². The van der Waals surface area contributed by atoms with E-state index in [0.717, 1.165) is 4.31 Å². The molecule has 0 aliphatic carbocycles. The Balaban J connectivity index is 2.53. The standard InChI is InChI=1S/C13H15ClN4O4S/c1-13(12(19)22-2)7-10(16-17-15)8-18(13)23(20,21)11-5-3-4-9(14)6-11/h3-6,10H,7-8H2,1-2H3/t10-,13+/m1/s1. The van der Waals surface area contributed by atoms with Gasteiger partial charge in [0.15, 0.2) is 0 Å². The molecule has 10 heteroatoms. The topological polar surface area (TPSA) is 112 Å². The fourth-order valence-electron chi connectivity index (χ4n) is 2.69. The summed E-state index contributed by atoms with van der Waals surface area (Å²) in [6.45, 7) is 1.35. The summed E-state index contributed by atoms with van der Waals surface area (Å²) in [5.41, 5.74) is 7.14. The molecular formula is C13H15ClN4O4S. The number of sulfonamides is 1. The SMILES string of the molecule is COC(=O)[C@]1(C)C[C@@H](N=[N+]=[N-])CN1S(=O)(=O)c1cccc(Cl)c1. The molecule has 1 heterocycles. The summed E-state index contributed by atoms with van der Waals surface area (Å²) in [5.74, 6) is -0.709. The Morgan fingerprint density at radius 3 is 2.83 bits per heavy atom. The summed E-state index contributed by atoms with van der Waals surface area (Å²) in [5, 5.41) is 3.81. The maximum atomic E-state index is 12.9. The van der Waals surface area contributed by atoms with Crippen molar-refractivity contribution in [2.75, 3.05) is 13.7 Å². The second-order valence-corrected chi connectivity index (χ2v) is 7.62. The summed E-state index contributed by atoms with van der Waals surface area (Å²) in [6.07, 6.45) is 0.0452. The van der Waals surface area contributed by atoms with Gasteiger partial charge in [-0.1, -0.05) is 22.8 Å². The zero-order chi connectivity index (χ0) is 17.3. The van der Waals surface area contributed by atoms with E-state index in [1.54, 1.807) is 6.07 Å². The molecule has 0 radical (unpaired) electrons. The van der Waals surface area contributed by atoms with E-state index in [2.05, 4.69) is 10.0 Å². The third kappa shape index (κ3) is 3.13.